The summed E-state index contributed by atoms with van der Waals surface area (Å²) in [5.74, 6) is -0.688. The van der Waals surface area contributed by atoms with Crippen LogP contribution in [-0.4, -0.2) is 11.1 Å². The van der Waals surface area contributed by atoms with E-state index in [9.17, 15) is 4.79 Å². The van der Waals surface area contributed by atoms with Gasteiger partial charge in [0.2, 0.25) is 5.76 Å². The van der Waals surface area contributed by atoms with E-state index < -0.39 is 5.97 Å². The summed E-state index contributed by atoms with van der Waals surface area (Å²) in [7, 11) is 0. The Balaban J connectivity index is 2.14. The van der Waals surface area contributed by atoms with Crippen molar-refractivity contribution in [2.24, 2.45) is 0 Å². The molecule has 0 bridgehead atoms. The van der Waals surface area contributed by atoms with Crippen LogP contribution >= 0.6 is 0 Å². The Kier molecular flexibility index (Phi) is 3.53. The fourth-order valence-corrected chi connectivity index (χ4v) is 1.76. The molecule has 1 heterocycles. The van der Waals surface area contributed by atoms with Gasteiger partial charge in [-0.3, -0.25) is 0 Å². The lowest BCUT2D eigenvalue weighted by Gasteiger charge is -2.09. The van der Waals surface area contributed by atoms with Crippen molar-refractivity contribution in [3.05, 3.63) is 53.0 Å². The number of para-hydroxylation sites is 1. The third-order valence-corrected chi connectivity index (χ3v) is 2.71. The minimum absolute atomic E-state index is 0.0953. The topological polar surface area (TPSA) is 86.3 Å². The SMILES string of the molecule is Cc1cccc(C#N)c1NCc1ccc(C(=O)O)o1. The van der Waals surface area contributed by atoms with Crippen molar-refractivity contribution in [2.45, 2.75) is 13.5 Å². The highest BCUT2D eigenvalue weighted by molar-refractivity contribution is 5.84. The van der Waals surface area contributed by atoms with Crippen LogP contribution < -0.4 is 5.32 Å². The van der Waals surface area contributed by atoms with Gasteiger partial charge in [-0.05, 0) is 30.7 Å². The molecule has 2 N–H and O–H groups in total. The summed E-state index contributed by atoms with van der Waals surface area (Å²) in [6, 6.07) is 10.5. The molecule has 0 radical (unpaired) electrons. The van der Waals surface area contributed by atoms with E-state index in [1.54, 1.807) is 12.1 Å². The zero-order chi connectivity index (χ0) is 13.8. The van der Waals surface area contributed by atoms with Crippen molar-refractivity contribution >= 4 is 11.7 Å². The van der Waals surface area contributed by atoms with E-state index in [0.717, 1.165) is 11.3 Å². The van der Waals surface area contributed by atoms with Crippen molar-refractivity contribution in [3.8, 4) is 6.07 Å². The molecule has 5 heteroatoms. The number of aryl methyl sites for hydroxylation is 1. The van der Waals surface area contributed by atoms with Gasteiger partial charge in [0.05, 0.1) is 17.8 Å². The lowest BCUT2D eigenvalue weighted by Crippen LogP contribution is -2.02. The van der Waals surface area contributed by atoms with Crippen LogP contribution in [0.2, 0.25) is 0 Å². The molecule has 0 fully saturated rings. The van der Waals surface area contributed by atoms with Gasteiger partial charge in [0.15, 0.2) is 0 Å². The van der Waals surface area contributed by atoms with Crippen LogP contribution in [0.4, 0.5) is 5.69 Å². The van der Waals surface area contributed by atoms with Crippen molar-refractivity contribution < 1.29 is 14.3 Å². The van der Waals surface area contributed by atoms with Crippen molar-refractivity contribution in [1.82, 2.24) is 0 Å². The second-order valence-electron chi connectivity index (χ2n) is 4.03. The minimum atomic E-state index is -1.10. The van der Waals surface area contributed by atoms with Crippen LogP contribution in [0.25, 0.3) is 0 Å². The molecule has 19 heavy (non-hydrogen) atoms. The van der Waals surface area contributed by atoms with Crippen molar-refractivity contribution in [1.29, 1.82) is 5.26 Å². The number of rotatable bonds is 4. The van der Waals surface area contributed by atoms with Gasteiger partial charge in [0.1, 0.15) is 11.8 Å². The molecular formula is C14H12N2O3. The van der Waals surface area contributed by atoms with Gasteiger partial charge in [-0.25, -0.2) is 4.79 Å². The molecule has 0 saturated carbocycles. The van der Waals surface area contributed by atoms with Gasteiger partial charge >= 0.3 is 5.97 Å². The molecule has 1 aromatic heterocycles. The first kappa shape index (κ1) is 12.7. The first-order valence-electron chi connectivity index (χ1n) is 5.67. The number of nitrogens with one attached hydrogen (secondary N) is 1. The van der Waals surface area contributed by atoms with Gasteiger partial charge in [0.25, 0.3) is 0 Å². The summed E-state index contributed by atoms with van der Waals surface area (Å²) in [6.07, 6.45) is 0. The number of nitriles is 1. The van der Waals surface area contributed by atoms with Crippen LogP contribution in [0.15, 0.2) is 34.7 Å². The monoisotopic (exact) mass is 256 g/mol. The lowest BCUT2D eigenvalue weighted by molar-refractivity contribution is 0.0660. The molecule has 0 spiro atoms. The number of hydrogen-bond donors (Lipinski definition) is 2. The molecule has 5 nitrogen and oxygen atoms in total. The van der Waals surface area contributed by atoms with Gasteiger partial charge < -0.3 is 14.8 Å². The Morgan fingerprint density at radius 1 is 1.42 bits per heavy atom. The number of carboxylic acid groups (broad SMARTS) is 1. The van der Waals surface area contributed by atoms with E-state index in [2.05, 4.69) is 11.4 Å². The number of furan rings is 1. The predicted molar refractivity (Wildman–Crippen MR) is 68.9 cm³/mol. The van der Waals surface area contributed by atoms with Gasteiger partial charge in [-0.15, -0.1) is 0 Å². The maximum absolute atomic E-state index is 10.7. The van der Waals surface area contributed by atoms with Gasteiger partial charge in [-0.2, -0.15) is 5.26 Å². The summed E-state index contributed by atoms with van der Waals surface area (Å²) >= 11 is 0. The summed E-state index contributed by atoms with van der Waals surface area (Å²) in [5.41, 5.74) is 2.23. The number of benzene rings is 1. The second kappa shape index (κ2) is 5.27. The molecule has 0 unspecified atom stereocenters. The number of carboxylic acids is 1. The number of carbonyl (C=O) groups is 1. The Morgan fingerprint density at radius 2 is 2.21 bits per heavy atom. The highest BCUT2D eigenvalue weighted by atomic mass is 16.4. The number of nitrogens with zero attached hydrogens (tertiary/aromatic N) is 1. The highest BCUT2D eigenvalue weighted by Crippen LogP contribution is 2.21. The standard InChI is InChI=1S/C14H12N2O3/c1-9-3-2-4-10(7-15)13(9)16-8-11-5-6-12(19-11)14(17)18/h2-6,16H,8H2,1H3,(H,17,18). The molecule has 0 aliphatic carbocycles. The molecule has 96 valence electrons. The third-order valence-electron chi connectivity index (χ3n) is 2.71. The predicted octanol–water partition coefficient (Wildman–Crippen LogP) is 2.77. The zero-order valence-corrected chi connectivity index (χ0v) is 10.3. The average Bonchev–Trinajstić information content (AvgIpc) is 2.86. The third kappa shape index (κ3) is 2.75. The van der Waals surface area contributed by atoms with Gasteiger partial charge in [-0.1, -0.05) is 12.1 Å². The normalized spacial score (nSPS) is 9.89. The zero-order valence-electron chi connectivity index (χ0n) is 10.3. The summed E-state index contributed by atoms with van der Waals surface area (Å²) in [4.78, 5) is 10.7. The highest BCUT2D eigenvalue weighted by Gasteiger charge is 2.10. The quantitative estimate of drug-likeness (QED) is 0.878. The van der Waals surface area contributed by atoms with E-state index in [1.807, 2.05) is 19.1 Å². The number of aromatic carboxylic acids is 1. The first-order chi connectivity index (χ1) is 9.11. The molecule has 2 aromatic rings. The molecular weight excluding hydrogens is 244 g/mol. The Hall–Kier alpha value is -2.74. The molecule has 0 amide bonds. The number of anilines is 1. The van der Waals surface area contributed by atoms with Crippen LogP contribution in [0.5, 0.6) is 0 Å². The van der Waals surface area contributed by atoms with Gasteiger partial charge in [0, 0.05) is 0 Å². The lowest BCUT2D eigenvalue weighted by atomic mass is 10.1. The van der Waals surface area contributed by atoms with Crippen LogP contribution in [0, 0.1) is 18.3 Å². The van der Waals surface area contributed by atoms with E-state index in [-0.39, 0.29) is 5.76 Å². The maximum Gasteiger partial charge on any atom is 0.371 e. The summed E-state index contributed by atoms with van der Waals surface area (Å²) in [6.45, 7) is 2.22. The minimum Gasteiger partial charge on any atom is -0.475 e. The fourth-order valence-electron chi connectivity index (χ4n) is 1.76. The second-order valence-corrected chi connectivity index (χ2v) is 4.03. The van der Waals surface area contributed by atoms with Crippen molar-refractivity contribution in [2.75, 3.05) is 5.32 Å². The largest absolute Gasteiger partial charge is 0.475 e. The Bertz CT molecular complexity index is 653. The smallest absolute Gasteiger partial charge is 0.371 e. The first-order valence-corrected chi connectivity index (χ1v) is 5.67. The molecule has 0 atom stereocenters. The summed E-state index contributed by atoms with van der Waals surface area (Å²) in [5, 5.41) is 20.9. The Morgan fingerprint density at radius 3 is 2.84 bits per heavy atom. The molecule has 1 aromatic carbocycles. The average molecular weight is 256 g/mol. The fraction of sp³-hybridized carbons (Fsp3) is 0.143. The van der Waals surface area contributed by atoms with E-state index >= 15 is 0 Å². The molecule has 0 aliphatic rings. The summed E-state index contributed by atoms with van der Waals surface area (Å²) < 4.78 is 5.14. The van der Waals surface area contributed by atoms with Crippen LogP contribution in [-0.2, 0) is 6.54 Å². The van der Waals surface area contributed by atoms with Crippen LogP contribution in [0.1, 0.15) is 27.4 Å². The van der Waals surface area contributed by atoms with E-state index in [1.165, 1.54) is 6.07 Å². The number of hydrogen-bond acceptors (Lipinski definition) is 4. The molecule has 2 rings (SSSR count). The molecule has 0 saturated heterocycles. The maximum atomic E-state index is 10.7. The molecule has 0 aliphatic heterocycles. The van der Waals surface area contributed by atoms with E-state index in [0.29, 0.717) is 17.9 Å². The van der Waals surface area contributed by atoms with E-state index in [4.69, 9.17) is 14.8 Å². The van der Waals surface area contributed by atoms with Crippen molar-refractivity contribution in [3.63, 3.8) is 0 Å². The Labute approximate surface area is 110 Å². The van der Waals surface area contributed by atoms with Crippen LogP contribution in [0.3, 0.4) is 0 Å².